The van der Waals surface area contributed by atoms with Crippen LogP contribution in [0.25, 0.3) is 0 Å². The molecular weight excluding hydrogens is 547 g/mol. The molecule has 0 atom stereocenters. The molecule has 1 aromatic heterocycles. The van der Waals surface area contributed by atoms with Gasteiger partial charge in [0.15, 0.2) is 5.96 Å². The zero-order valence-corrected chi connectivity index (χ0v) is 20.6. The number of hydrogen-bond donors (Lipinski definition) is 3. The highest BCUT2D eigenvalue weighted by Gasteiger charge is 2.20. The van der Waals surface area contributed by atoms with E-state index in [0.717, 1.165) is 67.0 Å². The third kappa shape index (κ3) is 7.86. The van der Waals surface area contributed by atoms with Gasteiger partial charge in [0, 0.05) is 30.0 Å². The van der Waals surface area contributed by atoms with Crippen LogP contribution in [0.1, 0.15) is 44.0 Å². The second-order valence-corrected chi connectivity index (χ2v) is 8.08. The van der Waals surface area contributed by atoms with Crippen LogP contribution in [0.4, 0.5) is 0 Å². The van der Waals surface area contributed by atoms with Crippen LogP contribution in [-0.4, -0.2) is 44.5 Å². The van der Waals surface area contributed by atoms with Crippen molar-refractivity contribution in [2.24, 2.45) is 4.99 Å². The summed E-state index contributed by atoms with van der Waals surface area (Å²) in [4.78, 5) is 4.77. The fourth-order valence-electron chi connectivity index (χ4n) is 3.36. The quantitative estimate of drug-likeness (QED) is 0.268. The number of aliphatic hydroxyl groups excluding tert-OH is 1. The minimum atomic E-state index is -0.157. The topological polar surface area (TPSA) is 87.4 Å². The first-order chi connectivity index (χ1) is 13.6. The molecule has 0 aliphatic heterocycles. The van der Waals surface area contributed by atoms with Gasteiger partial charge >= 0.3 is 0 Å². The molecule has 1 aliphatic carbocycles. The number of aliphatic imine (C=N–C) groups is 1. The molecule has 7 nitrogen and oxygen atoms in total. The largest absolute Gasteiger partial charge is 0.393 e. The summed E-state index contributed by atoms with van der Waals surface area (Å²) in [6.45, 7) is 4.23. The van der Waals surface area contributed by atoms with Crippen molar-refractivity contribution in [3.8, 4) is 0 Å². The molecule has 0 radical (unpaired) electrons. The predicted molar refractivity (Wildman–Crippen MR) is 129 cm³/mol. The number of benzene rings is 1. The maximum atomic E-state index is 9.74. The van der Waals surface area contributed by atoms with Crippen LogP contribution in [0.15, 0.2) is 40.1 Å². The Balaban J connectivity index is 0.00000300. The molecule has 1 fully saturated rings. The summed E-state index contributed by atoms with van der Waals surface area (Å²) in [6.07, 6.45) is 6.10. The van der Waals surface area contributed by atoms with Crippen molar-refractivity contribution in [1.82, 2.24) is 25.4 Å². The Morgan fingerprint density at radius 1 is 1.24 bits per heavy atom. The summed E-state index contributed by atoms with van der Waals surface area (Å²) in [5.74, 6) is 1.81. The molecule has 0 spiro atoms. The molecule has 29 heavy (non-hydrogen) atoms. The Bertz CT molecular complexity index is 759. The number of guanidine groups is 1. The number of rotatable bonds is 7. The van der Waals surface area contributed by atoms with E-state index in [9.17, 15) is 5.11 Å². The zero-order valence-electron chi connectivity index (χ0n) is 16.7. The van der Waals surface area contributed by atoms with Gasteiger partial charge in [-0.05, 0) is 43.4 Å². The fourth-order valence-corrected chi connectivity index (χ4v) is 3.62. The van der Waals surface area contributed by atoms with E-state index >= 15 is 0 Å². The molecule has 3 N–H and O–H groups in total. The van der Waals surface area contributed by atoms with Crippen molar-refractivity contribution < 1.29 is 5.11 Å². The molecule has 0 saturated heterocycles. The molecular formula is C20H30BrIN6O. The van der Waals surface area contributed by atoms with E-state index in [1.807, 2.05) is 12.1 Å². The van der Waals surface area contributed by atoms with Crippen molar-refractivity contribution >= 4 is 45.9 Å². The summed E-state index contributed by atoms with van der Waals surface area (Å²) >= 11 is 3.47. The lowest BCUT2D eigenvalue weighted by Crippen LogP contribution is -2.46. The van der Waals surface area contributed by atoms with Gasteiger partial charge < -0.3 is 20.3 Å². The van der Waals surface area contributed by atoms with E-state index in [0.29, 0.717) is 12.6 Å². The molecule has 0 unspecified atom stereocenters. The highest BCUT2D eigenvalue weighted by Crippen LogP contribution is 2.18. The van der Waals surface area contributed by atoms with Crippen molar-refractivity contribution in [3.05, 3.63) is 46.5 Å². The van der Waals surface area contributed by atoms with Crippen molar-refractivity contribution in [2.75, 3.05) is 6.54 Å². The first-order valence-corrected chi connectivity index (χ1v) is 10.8. The van der Waals surface area contributed by atoms with Gasteiger partial charge in [-0.2, -0.15) is 0 Å². The summed E-state index contributed by atoms with van der Waals surface area (Å²) in [6, 6.07) is 8.57. The number of hydrogen-bond acceptors (Lipinski definition) is 4. The fraction of sp³-hybridized carbons (Fsp3) is 0.550. The molecule has 0 amide bonds. The standard InChI is InChI=1S/C20H29BrN6O.HI/c1-2-19-26-24-14-27(19)12-11-22-20(25-17-7-9-18(28)10-8-17)23-13-15-3-5-16(21)6-4-15;/h3-6,14,17-18,28H,2,7-13H2,1H3,(H2,22,23,25);1H. The Morgan fingerprint density at radius 3 is 2.66 bits per heavy atom. The molecule has 2 aromatic rings. The van der Waals surface area contributed by atoms with Gasteiger partial charge in [-0.15, -0.1) is 34.2 Å². The van der Waals surface area contributed by atoms with Crippen LogP contribution in [0.5, 0.6) is 0 Å². The number of nitrogens with zero attached hydrogens (tertiary/aromatic N) is 4. The van der Waals surface area contributed by atoms with Crippen LogP contribution in [0, 0.1) is 0 Å². The molecule has 1 saturated carbocycles. The van der Waals surface area contributed by atoms with Gasteiger partial charge in [-0.25, -0.2) is 4.99 Å². The van der Waals surface area contributed by atoms with E-state index in [4.69, 9.17) is 4.99 Å². The maximum Gasteiger partial charge on any atom is 0.191 e. The average molecular weight is 577 g/mol. The number of aliphatic hydroxyl groups is 1. The Hall–Kier alpha value is -1.20. The molecule has 9 heteroatoms. The normalized spacial score (nSPS) is 19.5. The Morgan fingerprint density at radius 2 is 1.97 bits per heavy atom. The van der Waals surface area contributed by atoms with Crippen molar-refractivity contribution in [2.45, 2.75) is 64.3 Å². The Kier molecular flexibility index (Phi) is 10.4. The smallest absolute Gasteiger partial charge is 0.191 e. The third-order valence-corrected chi connectivity index (χ3v) is 5.56. The van der Waals surface area contributed by atoms with Gasteiger partial charge in [0.1, 0.15) is 12.2 Å². The van der Waals surface area contributed by atoms with Gasteiger partial charge in [-0.3, -0.25) is 0 Å². The van der Waals surface area contributed by atoms with E-state index in [1.54, 1.807) is 6.33 Å². The first-order valence-electron chi connectivity index (χ1n) is 9.98. The van der Waals surface area contributed by atoms with Crippen LogP contribution >= 0.6 is 39.9 Å². The van der Waals surface area contributed by atoms with E-state index in [-0.39, 0.29) is 30.1 Å². The Labute approximate surface area is 197 Å². The van der Waals surface area contributed by atoms with E-state index < -0.39 is 0 Å². The van der Waals surface area contributed by atoms with Crippen LogP contribution < -0.4 is 10.6 Å². The number of halogens is 2. The van der Waals surface area contributed by atoms with Crippen molar-refractivity contribution in [3.63, 3.8) is 0 Å². The van der Waals surface area contributed by atoms with Crippen molar-refractivity contribution in [1.29, 1.82) is 0 Å². The van der Waals surface area contributed by atoms with Crippen LogP contribution in [0.3, 0.4) is 0 Å². The van der Waals surface area contributed by atoms with Crippen LogP contribution in [-0.2, 0) is 19.5 Å². The van der Waals surface area contributed by atoms with Gasteiger partial charge in [0.25, 0.3) is 0 Å². The second-order valence-electron chi connectivity index (χ2n) is 7.16. The molecule has 3 rings (SSSR count). The van der Waals surface area contributed by atoms with E-state index in [2.05, 4.69) is 60.4 Å². The van der Waals surface area contributed by atoms with E-state index in [1.165, 1.54) is 0 Å². The average Bonchev–Trinajstić information content (AvgIpc) is 3.16. The maximum absolute atomic E-state index is 9.74. The third-order valence-electron chi connectivity index (χ3n) is 5.03. The highest BCUT2D eigenvalue weighted by atomic mass is 127. The first kappa shape index (κ1) is 24.1. The SMILES string of the molecule is CCc1nncn1CCNC(=NCc1ccc(Br)cc1)NC1CCC(O)CC1.I. The molecule has 1 aromatic carbocycles. The number of nitrogens with one attached hydrogen (secondary N) is 2. The minimum Gasteiger partial charge on any atom is -0.393 e. The molecule has 160 valence electrons. The monoisotopic (exact) mass is 576 g/mol. The summed E-state index contributed by atoms with van der Waals surface area (Å²) < 4.78 is 3.13. The lowest BCUT2D eigenvalue weighted by atomic mass is 9.93. The van der Waals surface area contributed by atoms with Gasteiger partial charge in [-0.1, -0.05) is 35.0 Å². The number of aromatic nitrogens is 3. The van der Waals surface area contributed by atoms with Gasteiger partial charge in [0.2, 0.25) is 0 Å². The second kappa shape index (κ2) is 12.5. The molecule has 0 bridgehead atoms. The predicted octanol–water partition coefficient (Wildman–Crippen LogP) is 3.26. The lowest BCUT2D eigenvalue weighted by molar-refractivity contribution is 0.120. The highest BCUT2D eigenvalue weighted by molar-refractivity contribution is 14.0. The lowest BCUT2D eigenvalue weighted by Gasteiger charge is -2.27. The summed E-state index contributed by atoms with van der Waals surface area (Å²) in [5, 5.41) is 24.8. The molecule has 1 heterocycles. The van der Waals surface area contributed by atoms with Gasteiger partial charge in [0.05, 0.1) is 12.6 Å². The molecule has 1 aliphatic rings. The number of aryl methyl sites for hydroxylation is 1. The van der Waals surface area contributed by atoms with Crippen LogP contribution in [0.2, 0.25) is 0 Å². The summed E-state index contributed by atoms with van der Waals surface area (Å²) in [5.41, 5.74) is 1.16. The summed E-state index contributed by atoms with van der Waals surface area (Å²) in [7, 11) is 0. The minimum absolute atomic E-state index is 0. The zero-order chi connectivity index (χ0) is 19.8.